The molecule has 0 radical (unpaired) electrons. The standard InChI is InChI=1S/C20H22N2O4/c1-20(19(21)25)13-22(10-11-26-20)12-14-6-8-15(9-7-14)16-4-2-3-5-17(16)18(23)24/h2-9H,10-13H2,1H3,(H2,21,25)(H,23,24). The van der Waals surface area contributed by atoms with Crippen molar-refractivity contribution >= 4 is 11.9 Å². The first-order valence-electron chi connectivity index (χ1n) is 8.47. The lowest BCUT2D eigenvalue weighted by atomic mass is 9.98. The molecule has 136 valence electrons. The molecule has 0 bridgehead atoms. The van der Waals surface area contributed by atoms with Gasteiger partial charge in [-0.15, -0.1) is 0 Å². The maximum absolute atomic E-state index is 11.6. The van der Waals surface area contributed by atoms with Gasteiger partial charge in [0, 0.05) is 19.6 Å². The van der Waals surface area contributed by atoms with Gasteiger partial charge in [-0.05, 0) is 29.7 Å². The normalized spacial score (nSPS) is 20.7. The third-order valence-corrected chi connectivity index (χ3v) is 4.70. The van der Waals surface area contributed by atoms with Crippen LogP contribution in [0.4, 0.5) is 0 Å². The smallest absolute Gasteiger partial charge is 0.336 e. The quantitative estimate of drug-likeness (QED) is 0.858. The van der Waals surface area contributed by atoms with Crippen molar-refractivity contribution in [3.63, 3.8) is 0 Å². The minimum Gasteiger partial charge on any atom is -0.478 e. The molecule has 0 aliphatic carbocycles. The molecule has 6 nitrogen and oxygen atoms in total. The fraction of sp³-hybridized carbons (Fsp3) is 0.300. The van der Waals surface area contributed by atoms with Crippen LogP contribution in [-0.2, 0) is 16.1 Å². The molecule has 0 saturated carbocycles. The van der Waals surface area contributed by atoms with E-state index in [4.69, 9.17) is 10.5 Å². The summed E-state index contributed by atoms with van der Waals surface area (Å²) in [4.78, 5) is 25.1. The highest BCUT2D eigenvalue weighted by Gasteiger charge is 2.37. The molecule has 1 aliphatic rings. The second kappa shape index (κ2) is 7.27. The van der Waals surface area contributed by atoms with E-state index in [1.165, 1.54) is 0 Å². The third-order valence-electron chi connectivity index (χ3n) is 4.70. The van der Waals surface area contributed by atoms with Gasteiger partial charge in [0.15, 0.2) is 5.60 Å². The maximum atomic E-state index is 11.6. The Hall–Kier alpha value is -2.70. The van der Waals surface area contributed by atoms with Gasteiger partial charge in [0.2, 0.25) is 0 Å². The number of carboxylic acids is 1. The Kier molecular flexibility index (Phi) is 5.06. The van der Waals surface area contributed by atoms with Crippen LogP contribution in [0.3, 0.4) is 0 Å². The Balaban J connectivity index is 1.75. The molecule has 0 spiro atoms. The van der Waals surface area contributed by atoms with Crippen molar-refractivity contribution in [2.75, 3.05) is 19.7 Å². The van der Waals surface area contributed by atoms with Gasteiger partial charge in [-0.1, -0.05) is 42.5 Å². The summed E-state index contributed by atoms with van der Waals surface area (Å²) in [5.74, 6) is -1.40. The first-order chi connectivity index (χ1) is 12.4. The second-order valence-electron chi connectivity index (χ2n) is 6.70. The van der Waals surface area contributed by atoms with E-state index >= 15 is 0 Å². The van der Waals surface area contributed by atoms with Gasteiger partial charge in [0.05, 0.1) is 12.2 Å². The molecule has 1 atom stereocenters. The van der Waals surface area contributed by atoms with E-state index in [1.807, 2.05) is 30.3 Å². The number of primary amides is 1. The summed E-state index contributed by atoms with van der Waals surface area (Å²) in [6, 6.07) is 14.7. The molecule has 1 unspecified atom stereocenters. The number of rotatable bonds is 5. The first-order valence-corrected chi connectivity index (χ1v) is 8.47. The number of aromatic carboxylic acids is 1. The summed E-state index contributed by atoms with van der Waals surface area (Å²) in [6.45, 7) is 4.03. The van der Waals surface area contributed by atoms with E-state index in [9.17, 15) is 14.7 Å². The Morgan fingerprint density at radius 2 is 1.88 bits per heavy atom. The summed E-state index contributed by atoms with van der Waals surface area (Å²) in [5, 5.41) is 9.34. The number of amides is 1. The summed E-state index contributed by atoms with van der Waals surface area (Å²) in [6.07, 6.45) is 0. The number of carbonyl (C=O) groups is 2. The summed E-state index contributed by atoms with van der Waals surface area (Å²) < 4.78 is 5.54. The number of carbonyl (C=O) groups excluding carboxylic acids is 1. The Morgan fingerprint density at radius 3 is 2.54 bits per heavy atom. The largest absolute Gasteiger partial charge is 0.478 e. The Labute approximate surface area is 152 Å². The number of nitrogens with two attached hydrogens (primary N) is 1. The van der Waals surface area contributed by atoms with Crippen LogP contribution in [-0.4, -0.2) is 47.2 Å². The van der Waals surface area contributed by atoms with Crippen LogP contribution >= 0.6 is 0 Å². The van der Waals surface area contributed by atoms with Crippen molar-refractivity contribution in [3.8, 4) is 11.1 Å². The molecular weight excluding hydrogens is 332 g/mol. The Morgan fingerprint density at radius 1 is 1.19 bits per heavy atom. The number of benzene rings is 2. The van der Waals surface area contributed by atoms with E-state index in [-0.39, 0.29) is 5.56 Å². The van der Waals surface area contributed by atoms with Crippen LogP contribution < -0.4 is 5.73 Å². The first kappa shape index (κ1) is 18.1. The second-order valence-corrected chi connectivity index (χ2v) is 6.70. The monoisotopic (exact) mass is 354 g/mol. The SMILES string of the molecule is CC1(C(N)=O)CN(Cc2ccc(-c3ccccc3C(=O)O)cc2)CCO1. The molecule has 0 aromatic heterocycles. The van der Waals surface area contributed by atoms with Crippen LogP contribution in [0, 0.1) is 0 Å². The number of nitrogens with zero attached hydrogens (tertiary/aromatic N) is 1. The van der Waals surface area contributed by atoms with Crippen LogP contribution in [0.1, 0.15) is 22.8 Å². The van der Waals surface area contributed by atoms with Gasteiger partial charge >= 0.3 is 5.97 Å². The van der Waals surface area contributed by atoms with Crippen LogP contribution in [0.25, 0.3) is 11.1 Å². The number of hydrogen-bond acceptors (Lipinski definition) is 4. The molecule has 1 saturated heterocycles. The van der Waals surface area contributed by atoms with Gasteiger partial charge in [0.25, 0.3) is 5.91 Å². The number of hydrogen-bond donors (Lipinski definition) is 2. The molecule has 2 aromatic carbocycles. The molecule has 1 amide bonds. The highest BCUT2D eigenvalue weighted by Crippen LogP contribution is 2.25. The molecule has 1 aliphatic heterocycles. The highest BCUT2D eigenvalue weighted by atomic mass is 16.5. The molecular formula is C20H22N2O4. The van der Waals surface area contributed by atoms with E-state index in [2.05, 4.69) is 4.90 Å². The van der Waals surface area contributed by atoms with Gasteiger partial charge < -0.3 is 15.6 Å². The summed E-state index contributed by atoms with van der Waals surface area (Å²) in [7, 11) is 0. The average Bonchev–Trinajstić information content (AvgIpc) is 2.62. The zero-order valence-electron chi connectivity index (χ0n) is 14.6. The van der Waals surface area contributed by atoms with Crippen LogP contribution in [0.2, 0.25) is 0 Å². The van der Waals surface area contributed by atoms with E-state index in [0.717, 1.165) is 17.7 Å². The van der Waals surface area contributed by atoms with Gasteiger partial charge in [-0.2, -0.15) is 0 Å². The fourth-order valence-corrected chi connectivity index (χ4v) is 3.20. The predicted molar refractivity (Wildman–Crippen MR) is 97.7 cm³/mol. The minimum absolute atomic E-state index is 0.283. The molecule has 26 heavy (non-hydrogen) atoms. The van der Waals surface area contributed by atoms with Crippen molar-refractivity contribution in [2.45, 2.75) is 19.1 Å². The zero-order chi connectivity index (χ0) is 18.7. The van der Waals surface area contributed by atoms with Crippen molar-refractivity contribution in [2.24, 2.45) is 5.73 Å². The minimum atomic E-state index is -0.960. The van der Waals surface area contributed by atoms with Gasteiger partial charge in [0.1, 0.15) is 0 Å². The topological polar surface area (TPSA) is 92.9 Å². The van der Waals surface area contributed by atoms with E-state index < -0.39 is 17.5 Å². The predicted octanol–water partition coefficient (Wildman–Crippen LogP) is 2.13. The zero-order valence-corrected chi connectivity index (χ0v) is 14.6. The molecule has 6 heteroatoms. The molecule has 3 N–H and O–H groups in total. The fourth-order valence-electron chi connectivity index (χ4n) is 3.20. The van der Waals surface area contributed by atoms with Crippen molar-refractivity contribution in [1.29, 1.82) is 0 Å². The molecule has 2 aromatic rings. The number of morpholine rings is 1. The van der Waals surface area contributed by atoms with Crippen LogP contribution in [0.5, 0.6) is 0 Å². The lowest BCUT2D eigenvalue weighted by Crippen LogP contribution is -2.56. The van der Waals surface area contributed by atoms with Crippen molar-refractivity contribution in [3.05, 3.63) is 59.7 Å². The molecule has 1 heterocycles. The lowest BCUT2D eigenvalue weighted by Gasteiger charge is -2.38. The van der Waals surface area contributed by atoms with E-state index in [1.54, 1.807) is 25.1 Å². The van der Waals surface area contributed by atoms with Crippen molar-refractivity contribution < 1.29 is 19.4 Å². The van der Waals surface area contributed by atoms with Gasteiger partial charge in [-0.25, -0.2) is 4.79 Å². The highest BCUT2D eigenvalue weighted by molar-refractivity contribution is 5.96. The number of carboxylic acid groups (broad SMARTS) is 1. The van der Waals surface area contributed by atoms with Crippen LogP contribution in [0.15, 0.2) is 48.5 Å². The van der Waals surface area contributed by atoms with Gasteiger partial charge in [-0.3, -0.25) is 9.69 Å². The maximum Gasteiger partial charge on any atom is 0.336 e. The molecule has 1 fully saturated rings. The van der Waals surface area contributed by atoms with E-state index in [0.29, 0.717) is 25.3 Å². The van der Waals surface area contributed by atoms with Crippen molar-refractivity contribution in [1.82, 2.24) is 4.90 Å². The summed E-state index contributed by atoms with van der Waals surface area (Å²) in [5.41, 5.74) is 7.39. The lowest BCUT2D eigenvalue weighted by molar-refractivity contribution is -0.153. The summed E-state index contributed by atoms with van der Waals surface area (Å²) >= 11 is 0. The third kappa shape index (κ3) is 3.76. The molecule has 3 rings (SSSR count). The Bertz CT molecular complexity index is 819. The average molecular weight is 354 g/mol. The number of ether oxygens (including phenoxy) is 1.